The second-order valence-electron chi connectivity index (χ2n) is 0.324. The summed E-state index contributed by atoms with van der Waals surface area (Å²) in [6.07, 6.45) is 0. The molecular formula is H10I4MnO5. The maximum atomic E-state index is 2.48. The number of hydrogen-bond acceptors (Lipinski definition) is 0. The van der Waals surface area contributed by atoms with Gasteiger partial charge >= 0.3 is 81.2 Å². The SMILES string of the molecule is O.O.O.O.O.[I][Mn]([I])([I])[I]. The molecule has 0 bridgehead atoms. The Kier molecular flexibility index (Phi) is 68.5. The molecule has 0 rings (SSSR count). The third kappa shape index (κ3) is 112. The van der Waals surface area contributed by atoms with E-state index >= 15 is 0 Å². The van der Waals surface area contributed by atoms with Crippen LogP contribution < -0.4 is 0 Å². The van der Waals surface area contributed by atoms with Gasteiger partial charge in [-0.15, -0.1) is 0 Å². The second kappa shape index (κ2) is 18.1. The van der Waals surface area contributed by atoms with Crippen LogP contribution in [0.2, 0.25) is 0 Å². The van der Waals surface area contributed by atoms with Crippen LogP contribution in [0, 0.1) is 0 Å². The third-order valence-corrected chi connectivity index (χ3v) is 0. The Balaban J connectivity index is -0.00000000800. The molecule has 0 unspecified atom stereocenters. The summed E-state index contributed by atoms with van der Waals surface area (Å²) >= 11 is 9.91. The fourth-order valence-corrected chi connectivity index (χ4v) is 0. The molecule has 5 nitrogen and oxygen atoms in total. The summed E-state index contributed by atoms with van der Waals surface area (Å²) in [5.41, 5.74) is 0. The predicted octanol–water partition coefficient (Wildman–Crippen LogP) is -0.583. The predicted molar refractivity (Wildman–Crippen MR) is 74.1 cm³/mol. The van der Waals surface area contributed by atoms with Crippen LogP contribution >= 0.6 is 81.4 Å². The molecule has 0 aromatic heterocycles. The standard InChI is InChI=1S/4HI.Mn.5H2O/h4*1H;;5*1H2/q;;;;+4;;;;;/p-4. The molecule has 0 aromatic rings. The summed E-state index contributed by atoms with van der Waals surface area (Å²) in [5.74, 6) is 0. The van der Waals surface area contributed by atoms with Gasteiger partial charge in [-0.2, -0.15) is 0 Å². The van der Waals surface area contributed by atoms with Crippen molar-refractivity contribution < 1.29 is 27.2 Å². The van der Waals surface area contributed by atoms with Crippen LogP contribution in [0.4, 0.5) is 0 Å². The van der Waals surface area contributed by atoms with Crippen molar-refractivity contribution in [1.29, 1.82) is 0 Å². The molecule has 0 radical (unpaired) electrons. The minimum atomic E-state index is -0.745. The van der Waals surface area contributed by atoms with Crippen molar-refractivity contribution in [3.8, 4) is 0 Å². The normalized spacial score (nSPS) is 7.60. The van der Waals surface area contributed by atoms with Gasteiger partial charge in [-0.3, -0.25) is 0 Å². The van der Waals surface area contributed by atoms with E-state index in [-0.39, 0.29) is 27.4 Å². The number of hydrogen-bond donors (Lipinski definition) is 0. The van der Waals surface area contributed by atoms with Crippen molar-refractivity contribution in [3.05, 3.63) is 0 Å². The molecule has 75 valence electrons. The molecule has 10 N–H and O–H groups in total. The van der Waals surface area contributed by atoms with E-state index in [1.807, 2.05) is 0 Å². The average molecular weight is 653 g/mol. The number of rotatable bonds is 0. The summed E-state index contributed by atoms with van der Waals surface area (Å²) in [6, 6.07) is 0. The van der Waals surface area contributed by atoms with Crippen molar-refractivity contribution in [2.24, 2.45) is 0 Å². The monoisotopic (exact) mass is 653 g/mol. The molecular weight excluding hydrogens is 643 g/mol. The van der Waals surface area contributed by atoms with Gasteiger partial charge in [-0.1, -0.05) is 0 Å². The Morgan fingerprint density at radius 2 is 0.500 bits per heavy atom. The molecule has 0 aromatic carbocycles. The van der Waals surface area contributed by atoms with Gasteiger partial charge in [0.05, 0.1) is 0 Å². The van der Waals surface area contributed by atoms with Crippen LogP contribution in [0.5, 0.6) is 0 Å². The van der Waals surface area contributed by atoms with Gasteiger partial charge in [0.2, 0.25) is 0 Å². The van der Waals surface area contributed by atoms with E-state index in [9.17, 15) is 0 Å². The fourth-order valence-electron chi connectivity index (χ4n) is 0. The average Bonchev–Trinajstić information content (AvgIpc) is 0.722. The Labute approximate surface area is 106 Å². The maximum absolute atomic E-state index is 2.48. The first-order chi connectivity index (χ1) is 2.00. The van der Waals surface area contributed by atoms with Crippen molar-refractivity contribution in [1.82, 2.24) is 0 Å². The molecule has 0 fully saturated rings. The van der Waals surface area contributed by atoms with Crippen molar-refractivity contribution in [2.75, 3.05) is 0 Å². The van der Waals surface area contributed by atoms with Crippen molar-refractivity contribution >= 4 is 81.4 Å². The van der Waals surface area contributed by atoms with E-state index in [0.717, 1.165) is 0 Å². The van der Waals surface area contributed by atoms with Gasteiger partial charge in [0.15, 0.2) is 0 Å². The van der Waals surface area contributed by atoms with E-state index in [2.05, 4.69) is 81.4 Å². The van der Waals surface area contributed by atoms with E-state index in [0.29, 0.717) is 0 Å². The molecule has 0 aliphatic heterocycles. The summed E-state index contributed by atoms with van der Waals surface area (Å²) < 4.78 is -0.745. The van der Waals surface area contributed by atoms with Gasteiger partial charge in [-0.05, 0) is 0 Å². The van der Waals surface area contributed by atoms with Gasteiger partial charge in [0, 0.05) is 0 Å². The van der Waals surface area contributed by atoms with Crippen LogP contribution in [0.15, 0.2) is 0 Å². The van der Waals surface area contributed by atoms with Gasteiger partial charge in [0.25, 0.3) is 0 Å². The van der Waals surface area contributed by atoms with Crippen LogP contribution in [0.25, 0.3) is 0 Å². The molecule has 0 heterocycles. The summed E-state index contributed by atoms with van der Waals surface area (Å²) in [7, 11) is 0. The molecule has 0 saturated carbocycles. The van der Waals surface area contributed by atoms with E-state index in [1.54, 1.807) is 0 Å². The first kappa shape index (κ1) is 37.8. The molecule has 0 amide bonds. The Hall–Kier alpha value is 3.24. The van der Waals surface area contributed by atoms with Gasteiger partial charge in [-0.25, -0.2) is 0 Å². The first-order valence-corrected chi connectivity index (χ1v) is 15.8. The van der Waals surface area contributed by atoms with Crippen molar-refractivity contribution in [3.63, 3.8) is 0 Å². The number of halogens is 4. The molecule has 10 heavy (non-hydrogen) atoms. The Morgan fingerprint density at radius 3 is 0.500 bits per heavy atom. The van der Waals surface area contributed by atoms with Gasteiger partial charge in [0.1, 0.15) is 0 Å². The molecule has 0 saturated heterocycles. The molecule has 10 heteroatoms. The molecule has 0 atom stereocenters. The molecule has 0 aliphatic carbocycles. The minimum absolute atomic E-state index is 0. The van der Waals surface area contributed by atoms with E-state index in [1.165, 1.54) is 0 Å². The van der Waals surface area contributed by atoms with E-state index < -0.39 is -0.154 Å². The molecule has 0 aliphatic rings. The summed E-state index contributed by atoms with van der Waals surface area (Å²) in [6.45, 7) is 0. The zero-order valence-corrected chi connectivity index (χ0v) is 14.2. The Morgan fingerprint density at radius 1 is 0.500 bits per heavy atom. The zero-order valence-electron chi connectivity index (χ0n) is 4.39. The van der Waals surface area contributed by atoms with E-state index in [4.69, 9.17) is 0 Å². The van der Waals surface area contributed by atoms with Crippen molar-refractivity contribution in [2.45, 2.75) is 0 Å². The van der Waals surface area contributed by atoms with Crippen LogP contribution in [0.3, 0.4) is 0 Å². The quantitative estimate of drug-likeness (QED) is 0.243. The van der Waals surface area contributed by atoms with Crippen LogP contribution in [-0.4, -0.2) is 27.4 Å². The van der Waals surface area contributed by atoms with Crippen LogP contribution in [0.1, 0.15) is 0 Å². The Bertz CT molecular complexity index is 29.1. The fraction of sp³-hybridized carbons (Fsp3) is 0. The second-order valence-corrected chi connectivity index (χ2v) is 60.1. The summed E-state index contributed by atoms with van der Waals surface area (Å²) in [4.78, 5) is 0. The first-order valence-electron chi connectivity index (χ1n) is 0.571. The van der Waals surface area contributed by atoms with Crippen LogP contribution in [-0.2, 0) is -0.154 Å². The third-order valence-electron chi connectivity index (χ3n) is 0. The molecule has 0 spiro atoms. The summed E-state index contributed by atoms with van der Waals surface area (Å²) in [5, 5.41) is 0. The zero-order chi connectivity index (χ0) is 4.50. The van der Waals surface area contributed by atoms with Gasteiger partial charge < -0.3 is 27.4 Å². The topological polar surface area (TPSA) is 158 Å².